The van der Waals surface area contributed by atoms with Gasteiger partial charge in [-0.15, -0.1) is 0 Å². The van der Waals surface area contributed by atoms with Gasteiger partial charge in [0.2, 0.25) is 5.91 Å². The van der Waals surface area contributed by atoms with Crippen LogP contribution in [0.15, 0.2) is 0 Å². The molecule has 4 heteroatoms. The quantitative estimate of drug-likeness (QED) is 0.815. The van der Waals surface area contributed by atoms with Crippen LogP contribution < -0.4 is 5.32 Å². The maximum absolute atomic E-state index is 12.3. The molecule has 0 saturated carbocycles. The molecule has 1 unspecified atom stereocenters. The van der Waals surface area contributed by atoms with Gasteiger partial charge in [-0.25, -0.2) is 0 Å². The van der Waals surface area contributed by atoms with E-state index >= 15 is 0 Å². The molecule has 0 aliphatic carbocycles. The smallest absolute Gasteiger partial charge is 0.222 e. The van der Waals surface area contributed by atoms with Gasteiger partial charge in [0.25, 0.3) is 0 Å². The minimum absolute atomic E-state index is 0.367. The summed E-state index contributed by atoms with van der Waals surface area (Å²) in [7, 11) is 0. The summed E-state index contributed by atoms with van der Waals surface area (Å²) in [5, 5.41) is 3.53. The second-order valence-corrected chi connectivity index (χ2v) is 7.09. The van der Waals surface area contributed by atoms with Crippen molar-refractivity contribution < 1.29 is 4.79 Å². The molecule has 0 spiro atoms. The highest BCUT2D eigenvalue weighted by atomic mass is 16.2. The number of nitrogens with one attached hydrogen (secondary N) is 1. The predicted octanol–water partition coefficient (Wildman–Crippen LogP) is 2.10. The zero-order valence-electron chi connectivity index (χ0n) is 13.9. The van der Waals surface area contributed by atoms with Crippen LogP contribution >= 0.6 is 0 Å². The molecule has 0 aromatic rings. The van der Waals surface area contributed by atoms with Crippen molar-refractivity contribution in [2.75, 3.05) is 39.3 Å². The fourth-order valence-electron chi connectivity index (χ4n) is 3.29. The maximum Gasteiger partial charge on any atom is 0.222 e. The Kier molecular flexibility index (Phi) is 6.97. The molecule has 2 fully saturated rings. The Morgan fingerprint density at radius 1 is 1.19 bits per heavy atom. The SMILES string of the molecule is CC(C)CCN1CCN(C(=O)CCC2CCCCN2)CC1. The van der Waals surface area contributed by atoms with Gasteiger partial charge in [0, 0.05) is 38.6 Å². The van der Waals surface area contributed by atoms with Crippen molar-refractivity contribution in [1.82, 2.24) is 15.1 Å². The average molecular weight is 295 g/mol. The van der Waals surface area contributed by atoms with Crippen LogP contribution in [0.5, 0.6) is 0 Å². The lowest BCUT2D eigenvalue weighted by atomic mass is 10.0. The molecule has 0 aromatic heterocycles. The molecule has 1 amide bonds. The summed E-state index contributed by atoms with van der Waals surface area (Å²) >= 11 is 0. The van der Waals surface area contributed by atoms with Crippen LogP contribution in [0.4, 0.5) is 0 Å². The summed E-state index contributed by atoms with van der Waals surface area (Å²) in [6.45, 7) is 10.8. The largest absolute Gasteiger partial charge is 0.340 e. The van der Waals surface area contributed by atoms with Gasteiger partial charge >= 0.3 is 0 Å². The second-order valence-electron chi connectivity index (χ2n) is 7.09. The number of hydrogen-bond acceptors (Lipinski definition) is 3. The number of piperazine rings is 1. The molecule has 1 atom stereocenters. The van der Waals surface area contributed by atoms with Gasteiger partial charge in [-0.05, 0) is 44.7 Å². The van der Waals surface area contributed by atoms with Crippen LogP contribution in [-0.2, 0) is 4.79 Å². The number of amides is 1. The van der Waals surface area contributed by atoms with Crippen LogP contribution in [0.3, 0.4) is 0 Å². The van der Waals surface area contributed by atoms with Gasteiger partial charge in [-0.1, -0.05) is 20.3 Å². The van der Waals surface area contributed by atoms with E-state index in [0.717, 1.165) is 51.5 Å². The molecule has 0 aromatic carbocycles. The Hall–Kier alpha value is -0.610. The lowest BCUT2D eigenvalue weighted by molar-refractivity contribution is -0.133. The first-order valence-corrected chi connectivity index (χ1v) is 8.88. The first kappa shape index (κ1) is 16.8. The van der Waals surface area contributed by atoms with Gasteiger partial charge in [-0.2, -0.15) is 0 Å². The zero-order chi connectivity index (χ0) is 15.1. The number of nitrogens with zero attached hydrogens (tertiary/aromatic N) is 2. The Balaban J connectivity index is 1.61. The summed E-state index contributed by atoms with van der Waals surface area (Å²) < 4.78 is 0. The third kappa shape index (κ3) is 5.95. The van der Waals surface area contributed by atoms with Crippen molar-refractivity contribution in [3.63, 3.8) is 0 Å². The molecule has 2 aliphatic rings. The molecule has 2 saturated heterocycles. The molecule has 1 N–H and O–H groups in total. The molecule has 122 valence electrons. The lowest BCUT2D eigenvalue weighted by Gasteiger charge is -2.35. The van der Waals surface area contributed by atoms with E-state index in [4.69, 9.17) is 0 Å². The standard InChI is InChI=1S/C17H33N3O/c1-15(2)8-10-19-11-13-20(14-12-19)17(21)7-6-16-5-3-4-9-18-16/h15-16,18H,3-14H2,1-2H3. The third-order valence-corrected chi connectivity index (χ3v) is 4.87. The zero-order valence-corrected chi connectivity index (χ0v) is 13.9. The van der Waals surface area contributed by atoms with Crippen LogP contribution in [0.1, 0.15) is 52.4 Å². The van der Waals surface area contributed by atoms with E-state index in [-0.39, 0.29) is 0 Å². The summed E-state index contributed by atoms with van der Waals surface area (Å²) in [5.41, 5.74) is 0. The molecule has 0 radical (unpaired) electrons. The lowest BCUT2D eigenvalue weighted by Crippen LogP contribution is -2.49. The van der Waals surface area contributed by atoms with Gasteiger partial charge in [0.15, 0.2) is 0 Å². The number of carbonyl (C=O) groups excluding carboxylic acids is 1. The van der Waals surface area contributed by atoms with E-state index in [1.54, 1.807) is 0 Å². The van der Waals surface area contributed by atoms with Gasteiger partial charge in [0.1, 0.15) is 0 Å². The van der Waals surface area contributed by atoms with Crippen LogP contribution in [0.25, 0.3) is 0 Å². The molecule has 2 heterocycles. The summed E-state index contributed by atoms with van der Waals surface area (Å²) in [6.07, 6.45) is 6.87. The number of rotatable bonds is 6. The Labute approximate surface area is 130 Å². The fraction of sp³-hybridized carbons (Fsp3) is 0.941. The molecule has 2 aliphatic heterocycles. The van der Waals surface area contributed by atoms with Crippen molar-refractivity contribution in [2.24, 2.45) is 5.92 Å². The van der Waals surface area contributed by atoms with Crippen molar-refractivity contribution in [1.29, 1.82) is 0 Å². The monoisotopic (exact) mass is 295 g/mol. The molecule has 4 nitrogen and oxygen atoms in total. The number of hydrogen-bond donors (Lipinski definition) is 1. The van der Waals surface area contributed by atoms with Crippen LogP contribution in [0, 0.1) is 5.92 Å². The molecular weight excluding hydrogens is 262 g/mol. The molecular formula is C17H33N3O. The van der Waals surface area contributed by atoms with E-state index in [2.05, 4.69) is 29.0 Å². The van der Waals surface area contributed by atoms with Crippen molar-refractivity contribution >= 4 is 5.91 Å². The van der Waals surface area contributed by atoms with E-state index in [0.29, 0.717) is 11.9 Å². The molecule has 21 heavy (non-hydrogen) atoms. The van der Waals surface area contributed by atoms with Crippen molar-refractivity contribution in [2.45, 2.75) is 58.4 Å². The van der Waals surface area contributed by atoms with Crippen LogP contribution in [0.2, 0.25) is 0 Å². The van der Waals surface area contributed by atoms with Crippen molar-refractivity contribution in [3.05, 3.63) is 0 Å². The topological polar surface area (TPSA) is 35.6 Å². The Morgan fingerprint density at radius 2 is 1.95 bits per heavy atom. The molecule has 2 rings (SSSR count). The number of carbonyl (C=O) groups is 1. The third-order valence-electron chi connectivity index (χ3n) is 4.87. The second kappa shape index (κ2) is 8.74. The van der Waals surface area contributed by atoms with Crippen LogP contribution in [-0.4, -0.2) is 61.0 Å². The van der Waals surface area contributed by atoms with Gasteiger partial charge < -0.3 is 10.2 Å². The highest BCUT2D eigenvalue weighted by molar-refractivity contribution is 5.76. The van der Waals surface area contributed by atoms with E-state index in [9.17, 15) is 4.79 Å². The predicted molar refractivity (Wildman–Crippen MR) is 87.4 cm³/mol. The first-order valence-electron chi connectivity index (χ1n) is 8.88. The van der Waals surface area contributed by atoms with E-state index < -0.39 is 0 Å². The normalized spacial score (nSPS) is 24.5. The minimum Gasteiger partial charge on any atom is -0.340 e. The summed E-state index contributed by atoms with van der Waals surface area (Å²) in [4.78, 5) is 16.9. The van der Waals surface area contributed by atoms with Gasteiger partial charge in [-0.3, -0.25) is 9.69 Å². The fourth-order valence-corrected chi connectivity index (χ4v) is 3.29. The Bertz CT molecular complexity index is 305. The summed E-state index contributed by atoms with van der Waals surface area (Å²) in [6, 6.07) is 0.579. The first-order chi connectivity index (χ1) is 10.1. The highest BCUT2D eigenvalue weighted by Crippen LogP contribution is 2.14. The Morgan fingerprint density at radius 3 is 2.57 bits per heavy atom. The average Bonchev–Trinajstić information content (AvgIpc) is 2.52. The minimum atomic E-state index is 0.367. The van der Waals surface area contributed by atoms with Gasteiger partial charge in [0.05, 0.1) is 0 Å². The maximum atomic E-state index is 12.3. The van der Waals surface area contributed by atoms with E-state index in [1.165, 1.54) is 32.2 Å². The highest BCUT2D eigenvalue weighted by Gasteiger charge is 2.22. The molecule has 0 bridgehead atoms. The van der Waals surface area contributed by atoms with Crippen molar-refractivity contribution in [3.8, 4) is 0 Å². The number of piperidine rings is 1. The summed E-state index contributed by atoms with van der Waals surface area (Å²) in [5.74, 6) is 1.14. The van der Waals surface area contributed by atoms with E-state index in [1.807, 2.05) is 0 Å².